The third-order valence-corrected chi connectivity index (χ3v) is 8.76. The molecule has 0 bridgehead atoms. The molecule has 0 atom stereocenters. The van der Waals surface area contributed by atoms with E-state index in [1.54, 1.807) is 24.6 Å². The van der Waals surface area contributed by atoms with E-state index in [-0.39, 0.29) is 10.8 Å². The quantitative estimate of drug-likeness (QED) is 0.287. The third kappa shape index (κ3) is 4.80. The molecule has 11 heteroatoms. The number of hydrogen-bond acceptors (Lipinski definition) is 7. The molecule has 3 heterocycles. The maximum Gasteiger partial charge on any atom is 0.256 e. The Labute approximate surface area is 218 Å². The number of benzene rings is 2. The van der Waals surface area contributed by atoms with Gasteiger partial charge in [0, 0.05) is 35.5 Å². The highest BCUT2D eigenvalue weighted by Crippen LogP contribution is 2.30. The van der Waals surface area contributed by atoms with Crippen LogP contribution in [0.1, 0.15) is 29.9 Å². The van der Waals surface area contributed by atoms with Crippen molar-refractivity contribution < 1.29 is 17.6 Å². The van der Waals surface area contributed by atoms with Crippen molar-refractivity contribution in [2.75, 3.05) is 18.4 Å². The molecule has 0 aliphatic carbocycles. The van der Waals surface area contributed by atoms with Gasteiger partial charge in [-0.05, 0) is 43.3 Å². The maximum absolute atomic E-state index is 13.0. The largest absolute Gasteiger partial charge is 0.454 e. The molecule has 0 unspecified atom stereocenters. The average Bonchev–Trinajstić information content (AvgIpc) is 3.62. The zero-order chi connectivity index (χ0) is 26.2. The fraction of sp³-hybridized carbons (Fsp3) is 0.192. The lowest BCUT2D eigenvalue weighted by atomic mass is 10.2. The van der Waals surface area contributed by atoms with Crippen LogP contribution in [0.3, 0.4) is 0 Å². The number of amides is 1. The summed E-state index contributed by atoms with van der Waals surface area (Å²) in [5, 5.41) is 10.8. The van der Waals surface area contributed by atoms with Crippen molar-refractivity contribution in [1.82, 2.24) is 19.1 Å². The first-order valence-corrected chi connectivity index (χ1v) is 14.0. The molecule has 0 fully saturated rings. The molecule has 0 radical (unpaired) electrons. The van der Waals surface area contributed by atoms with Crippen LogP contribution in [-0.4, -0.2) is 46.5 Å². The van der Waals surface area contributed by atoms with E-state index < -0.39 is 10.0 Å². The van der Waals surface area contributed by atoms with E-state index >= 15 is 0 Å². The Balaban J connectivity index is 1.37. The molecular formula is C26H25N5O4S2. The van der Waals surface area contributed by atoms with Gasteiger partial charge in [0.25, 0.3) is 5.91 Å². The molecule has 0 aliphatic rings. The summed E-state index contributed by atoms with van der Waals surface area (Å²) < 4.78 is 34.3. The van der Waals surface area contributed by atoms with Gasteiger partial charge in [-0.15, -0.1) is 11.3 Å². The van der Waals surface area contributed by atoms with E-state index in [4.69, 9.17) is 4.42 Å². The Morgan fingerprint density at radius 1 is 1.08 bits per heavy atom. The van der Waals surface area contributed by atoms with Gasteiger partial charge < -0.3 is 9.73 Å². The average molecular weight is 536 g/mol. The third-order valence-electron chi connectivity index (χ3n) is 5.88. The fourth-order valence-electron chi connectivity index (χ4n) is 4.00. The van der Waals surface area contributed by atoms with E-state index in [1.165, 1.54) is 39.9 Å². The van der Waals surface area contributed by atoms with Crippen molar-refractivity contribution in [3.63, 3.8) is 0 Å². The lowest BCUT2D eigenvalue weighted by molar-refractivity contribution is 0.102. The number of furan rings is 1. The van der Waals surface area contributed by atoms with E-state index in [9.17, 15) is 13.2 Å². The van der Waals surface area contributed by atoms with Gasteiger partial charge in [-0.1, -0.05) is 32.0 Å². The SMILES string of the molecule is CCN(CC)S(=O)(=O)c1ccc(C(=O)Nc2cc(C)nn2-c2nc(-c3cc4ccccc4o3)cs2)cc1. The van der Waals surface area contributed by atoms with E-state index in [0.717, 1.165) is 11.0 Å². The molecule has 9 nitrogen and oxygen atoms in total. The lowest BCUT2D eigenvalue weighted by Crippen LogP contribution is -2.30. The van der Waals surface area contributed by atoms with Gasteiger partial charge in [-0.2, -0.15) is 14.1 Å². The summed E-state index contributed by atoms with van der Waals surface area (Å²) in [6.45, 7) is 6.15. The zero-order valence-electron chi connectivity index (χ0n) is 20.5. The van der Waals surface area contributed by atoms with Gasteiger partial charge in [0.05, 0.1) is 10.6 Å². The molecule has 2 aromatic carbocycles. The summed E-state index contributed by atoms with van der Waals surface area (Å²) in [5.74, 6) is 0.716. The summed E-state index contributed by atoms with van der Waals surface area (Å²) >= 11 is 1.38. The van der Waals surface area contributed by atoms with Crippen LogP contribution in [-0.2, 0) is 10.0 Å². The number of para-hydroxylation sites is 1. The summed E-state index contributed by atoms with van der Waals surface area (Å²) in [6.07, 6.45) is 0. The Morgan fingerprint density at radius 3 is 2.51 bits per heavy atom. The smallest absolute Gasteiger partial charge is 0.256 e. The first-order chi connectivity index (χ1) is 17.8. The van der Waals surface area contributed by atoms with E-state index in [1.807, 2.05) is 42.6 Å². The monoisotopic (exact) mass is 535 g/mol. The van der Waals surface area contributed by atoms with Gasteiger partial charge in [0.15, 0.2) is 5.76 Å². The second-order valence-electron chi connectivity index (χ2n) is 8.31. The van der Waals surface area contributed by atoms with Crippen molar-refractivity contribution in [2.45, 2.75) is 25.7 Å². The standard InChI is InChI=1S/C26H25N5O4S2/c1-4-30(5-2)37(33,34)20-12-10-18(11-13-20)25(32)28-24-14-17(3)29-31(24)26-27-21(16-36-26)23-15-19-8-6-7-9-22(19)35-23/h6-16H,4-5H2,1-3H3,(H,28,32). The fourth-order valence-corrected chi connectivity index (χ4v) is 6.23. The highest BCUT2D eigenvalue weighted by atomic mass is 32.2. The number of rotatable bonds is 8. The van der Waals surface area contributed by atoms with E-state index in [2.05, 4.69) is 15.4 Å². The number of nitrogens with zero attached hydrogens (tertiary/aromatic N) is 4. The number of carbonyl (C=O) groups is 1. The Hall–Kier alpha value is -3.80. The molecule has 5 aromatic rings. The predicted molar refractivity (Wildman–Crippen MR) is 144 cm³/mol. The first-order valence-electron chi connectivity index (χ1n) is 11.7. The van der Waals surface area contributed by atoms with Gasteiger partial charge >= 0.3 is 0 Å². The minimum Gasteiger partial charge on any atom is -0.454 e. The number of carbonyl (C=O) groups excluding carboxylic acids is 1. The number of aromatic nitrogens is 3. The summed E-state index contributed by atoms with van der Waals surface area (Å²) in [7, 11) is -3.60. The molecule has 1 amide bonds. The van der Waals surface area contributed by atoms with Crippen molar-refractivity contribution in [2.24, 2.45) is 0 Å². The van der Waals surface area contributed by atoms with Crippen molar-refractivity contribution >= 4 is 44.1 Å². The second kappa shape index (κ2) is 9.92. The van der Waals surface area contributed by atoms with Gasteiger partial charge in [0.2, 0.25) is 15.2 Å². The molecule has 37 heavy (non-hydrogen) atoms. The first kappa shape index (κ1) is 24.9. The maximum atomic E-state index is 13.0. The molecule has 190 valence electrons. The minimum absolute atomic E-state index is 0.148. The number of sulfonamides is 1. The van der Waals surface area contributed by atoms with Crippen LogP contribution in [0.2, 0.25) is 0 Å². The minimum atomic E-state index is -3.60. The number of anilines is 1. The van der Waals surface area contributed by atoms with Crippen LogP contribution >= 0.6 is 11.3 Å². The normalized spacial score (nSPS) is 11.9. The van der Waals surface area contributed by atoms with Crippen LogP contribution in [0.5, 0.6) is 0 Å². The zero-order valence-corrected chi connectivity index (χ0v) is 22.1. The highest BCUT2D eigenvalue weighted by Gasteiger charge is 2.22. The Morgan fingerprint density at radius 2 is 1.81 bits per heavy atom. The summed E-state index contributed by atoms with van der Waals surface area (Å²) in [5.41, 5.74) is 2.49. The molecule has 0 saturated carbocycles. The summed E-state index contributed by atoms with van der Waals surface area (Å²) in [6, 6.07) is 17.3. The van der Waals surface area contributed by atoms with Crippen molar-refractivity contribution in [3.05, 3.63) is 77.3 Å². The van der Waals surface area contributed by atoms with Crippen LogP contribution in [0.4, 0.5) is 5.82 Å². The molecule has 0 aliphatic heterocycles. The molecule has 0 spiro atoms. The Kier molecular flexibility index (Phi) is 6.67. The van der Waals surface area contributed by atoms with Crippen molar-refractivity contribution in [3.8, 4) is 16.6 Å². The van der Waals surface area contributed by atoms with Crippen LogP contribution in [0.25, 0.3) is 27.6 Å². The lowest BCUT2D eigenvalue weighted by Gasteiger charge is -2.18. The number of fused-ring (bicyclic) bond motifs is 1. The number of thiazole rings is 1. The van der Waals surface area contributed by atoms with Gasteiger partial charge in [0.1, 0.15) is 17.1 Å². The van der Waals surface area contributed by atoms with Crippen LogP contribution in [0.15, 0.2) is 75.4 Å². The molecular weight excluding hydrogens is 510 g/mol. The van der Waals surface area contributed by atoms with Crippen molar-refractivity contribution in [1.29, 1.82) is 0 Å². The topological polar surface area (TPSA) is 110 Å². The van der Waals surface area contributed by atoms with Crippen LogP contribution in [0, 0.1) is 6.92 Å². The number of hydrogen-bond donors (Lipinski definition) is 1. The number of nitrogens with one attached hydrogen (secondary N) is 1. The Bertz CT molecular complexity index is 1650. The summed E-state index contributed by atoms with van der Waals surface area (Å²) in [4.78, 5) is 17.8. The number of aryl methyl sites for hydroxylation is 1. The molecule has 3 aromatic heterocycles. The van der Waals surface area contributed by atoms with E-state index in [0.29, 0.717) is 46.8 Å². The molecule has 1 N–H and O–H groups in total. The molecule has 0 saturated heterocycles. The van der Waals surface area contributed by atoms with Crippen LogP contribution < -0.4 is 5.32 Å². The highest BCUT2D eigenvalue weighted by molar-refractivity contribution is 7.89. The van der Waals surface area contributed by atoms with Gasteiger partial charge in [-0.25, -0.2) is 13.4 Å². The molecule has 5 rings (SSSR count). The van der Waals surface area contributed by atoms with Gasteiger partial charge in [-0.3, -0.25) is 4.79 Å². The second-order valence-corrected chi connectivity index (χ2v) is 11.1. The predicted octanol–water partition coefficient (Wildman–Crippen LogP) is 5.33.